The molecule has 0 amide bonds. The third-order valence-electron chi connectivity index (χ3n) is 3.51. The van der Waals surface area contributed by atoms with E-state index in [0.29, 0.717) is 32.9 Å². The summed E-state index contributed by atoms with van der Waals surface area (Å²) in [6, 6.07) is 6.16. The number of esters is 1. The number of carbonyl (C=O) groups is 1. The highest BCUT2D eigenvalue weighted by Crippen LogP contribution is 2.17. The Morgan fingerprint density at radius 2 is 2.05 bits per heavy atom. The molecule has 22 heavy (non-hydrogen) atoms. The summed E-state index contributed by atoms with van der Waals surface area (Å²) in [5.41, 5.74) is 2.37. The van der Waals surface area contributed by atoms with Gasteiger partial charge >= 0.3 is 5.97 Å². The van der Waals surface area contributed by atoms with Crippen molar-refractivity contribution in [2.75, 3.05) is 39.5 Å². The first-order chi connectivity index (χ1) is 10.6. The van der Waals surface area contributed by atoms with E-state index in [-0.39, 0.29) is 12.1 Å². The van der Waals surface area contributed by atoms with Crippen LogP contribution in [0.15, 0.2) is 18.2 Å². The van der Waals surface area contributed by atoms with Crippen LogP contribution < -0.4 is 4.74 Å². The van der Waals surface area contributed by atoms with Crippen LogP contribution in [-0.2, 0) is 14.3 Å². The van der Waals surface area contributed by atoms with Gasteiger partial charge in [0.15, 0.2) is 0 Å². The number of benzene rings is 1. The minimum atomic E-state index is -0.182. The number of hydrogen-bond donors (Lipinski definition) is 0. The van der Waals surface area contributed by atoms with Gasteiger partial charge in [-0.15, -0.1) is 0 Å². The van der Waals surface area contributed by atoms with E-state index >= 15 is 0 Å². The number of carbonyl (C=O) groups excluding carboxylic acids is 1. The fourth-order valence-corrected chi connectivity index (χ4v) is 2.62. The summed E-state index contributed by atoms with van der Waals surface area (Å²) in [7, 11) is 0. The van der Waals surface area contributed by atoms with Crippen molar-refractivity contribution in [2.24, 2.45) is 0 Å². The second-order valence-corrected chi connectivity index (χ2v) is 5.67. The Morgan fingerprint density at radius 3 is 2.73 bits per heavy atom. The summed E-state index contributed by atoms with van der Waals surface area (Å²) in [6.07, 6.45) is -0.0241. The number of aryl methyl sites for hydroxylation is 2. The van der Waals surface area contributed by atoms with Crippen LogP contribution in [0.25, 0.3) is 0 Å². The summed E-state index contributed by atoms with van der Waals surface area (Å²) in [5, 5.41) is 0. The standard InChI is InChI=1S/C17H25NO4/c1-4-20-17(19)11-18-5-6-21-16(10-18)12-22-15-8-13(2)7-14(3)9-15/h7-9,16H,4-6,10-12H2,1-3H3/t16-/m1/s1. The monoisotopic (exact) mass is 307 g/mol. The molecule has 1 atom stereocenters. The summed E-state index contributed by atoms with van der Waals surface area (Å²) < 4.78 is 16.5. The first-order valence-corrected chi connectivity index (χ1v) is 7.77. The molecule has 1 fully saturated rings. The van der Waals surface area contributed by atoms with Crippen LogP contribution >= 0.6 is 0 Å². The van der Waals surface area contributed by atoms with Crippen LogP contribution in [0.4, 0.5) is 0 Å². The molecular weight excluding hydrogens is 282 g/mol. The van der Waals surface area contributed by atoms with Crippen molar-refractivity contribution >= 4 is 5.97 Å². The maximum absolute atomic E-state index is 11.5. The van der Waals surface area contributed by atoms with Crippen molar-refractivity contribution in [1.82, 2.24) is 4.90 Å². The Morgan fingerprint density at radius 1 is 1.32 bits per heavy atom. The third kappa shape index (κ3) is 5.31. The van der Waals surface area contributed by atoms with Crippen molar-refractivity contribution in [3.8, 4) is 5.75 Å². The quantitative estimate of drug-likeness (QED) is 0.752. The fraction of sp³-hybridized carbons (Fsp3) is 0.588. The van der Waals surface area contributed by atoms with Crippen LogP contribution in [0.5, 0.6) is 5.75 Å². The van der Waals surface area contributed by atoms with Gasteiger partial charge in [-0.1, -0.05) is 6.07 Å². The molecule has 5 heteroatoms. The Bertz CT molecular complexity index is 483. The summed E-state index contributed by atoms with van der Waals surface area (Å²) in [6.45, 7) is 9.19. The Balaban J connectivity index is 1.81. The predicted octanol–water partition coefficient (Wildman–Crippen LogP) is 1.95. The second-order valence-electron chi connectivity index (χ2n) is 5.67. The van der Waals surface area contributed by atoms with Crippen LogP contribution in [0.1, 0.15) is 18.1 Å². The number of ether oxygens (including phenoxy) is 3. The highest BCUT2D eigenvalue weighted by Gasteiger charge is 2.23. The molecule has 0 unspecified atom stereocenters. The van der Waals surface area contributed by atoms with Gasteiger partial charge in [0.1, 0.15) is 18.5 Å². The van der Waals surface area contributed by atoms with Crippen molar-refractivity contribution in [3.63, 3.8) is 0 Å². The molecule has 1 saturated heterocycles. The van der Waals surface area contributed by atoms with Gasteiger partial charge < -0.3 is 14.2 Å². The van der Waals surface area contributed by atoms with E-state index in [1.54, 1.807) is 0 Å². The van der Waals surface area contributed by atoms with Crippen LogP contribution in [0.3, 0.4) is 0 Å². The average Bonchev–Trinajstić information content (AvgIpc) is 2.45. The van der Waals surface area contributed by atoms with Gasteiger partial charge in [-0.05, 0) is 44.0 Å². The lowest BCUT2D eigenvalue weighted by molar-refractivity contribution is -0.146. The first kappa shape index (κ1) is 16.8. The molecular formula is C17H25NO4. The highest BCUT2D eigenvalue weighted by atomic mass is 16.5. The van der Waals surface area contributed by atoms with E-state index in [9.17, 15) is 4.79 Å². The Labute approximate surface area is 132 Å². The van der Waals surface area contributed by atoms with E-state index in [2.05, 4.69) is 24.8 Å². The van der Waals surface area contributed by atoms with E-state index in [1.807, 2.05) is 19.1 Å². The maximum atomic E-state index is 11.5. The highest BCUT2D eigenvalue weighted by molar-refractivity contribution is 5.71. The lowest BCUT2D eigenvalue weighted by Crippen LogP contribution is -2.47. The van der Waals surface area contributed by atoms with Gasteiger partial charge in [-0.2, -0.15) is 0 Å². The molecule has 0 radical (unpaired) electrons. The molecule has 0 N–H and O–H groups in total. The number of morpholine rings is 1. The molecule has 1 aromatic rings. The van der Waals surface area contributed by atoms with E-state index in [4.69, 9.17) is 14.2 Å². The zero-order valence-corrected chi connectivity index (χ0v) is 13.6. The first-order valence-electron chi connectivity index (χ1n) is 7.77. The van der Waals surface area contributed by atoms with Crippen LogP contribution in [0.2, 0.25) is 0 Å². The zero-order chi connectivity index (χ0) is 15.9. The molecule has 1 aliphatic heterocycles. The normalized spacial score (nSPS) is 19.0. The average molecular weight is 307 g/mol. The van der Waals surface area contributed by atoms with E-state index < -0.39 is 0 Å². The van der Waals surface area contributed by atoms with Crippen molar-refractivity contribution < 1.29 is 19.0 Å². The lowest BCUT2D eigenvalue weighted by Gasteiger charge is -2.32. The van der Waals surface area contributed by atoms with Gasteiger partial charge in [0.2, 0.25) is 0 Å². The van der Waals surface area contributed by atoms with Gasteiger partial charge in [0.25, 0.3) is 0 Å². The number of rotatable bonds is 6. The molecule has 0 aromatic heterocycles. The van der Waals surface area contributed by atoms with Crippen LogP contribution in [0, 0.1) is 13.8 Å². The topological polar surface area (TPSA) is 48.0 Å². The predicted molar refractivity (Wildman–Crippen MR) is 84.2 cm³/mol. The lowest BCUT2D eigenvalue weighted by atomic mass is 10.1. The molecule has 0 saturated carbocycles. The number of hydrogen-bond acceptors (Lipinski definition) is 5. The summed E-state index contributed by atoms with van der Waals surface area (Å²) in [5.74, 6) is 0.682. The SMILES string of the molecule is CCOC(=O)CN1CCO[C@@H](COc2cc(C)cc(C)c2)C1. The molecule has 1 aliphatic rings. The van der Waals surface area contributed by atoms with Crippen LogP contribution in [-0.4, -0.2) is 56.4 Å². The Kier molecular flexibility index (Phi) is 6.21. The van der Waals surface area contributed by atoms with E-state index in [0.717, 1.165) is 12.3 Å². The molecule has 1 heterocycles. The summed E-state index contributed by atoms with van der Waals surface area (Å²) in [4.78, 5) is 13.6. The third-order valence-corrected chi connectivity index (χ3v) is 3.51. The van der Waals surface area contributed by atoms with Gasteiger partial charge in [0, 0.05) is 13.1 Å². The summed E-state index contributed by atoms with van der Waals surface area (Å²) >= 11 is 0. The molecule has 0 bridgehead atoms. The molecule has 122 valence electrons. The minimum absolute atomic E-state index is 0.0241. The van der Waals surface area contributed by atoms with Crippen molar-refractivity contribution in [1.29, 1.82) is 0 Å². The van der Waals surface area contributed by atoms with E-state index in [1.165, 1.54) is 11.1 Å². The molecule has 5 nitrogen and oxygen atoms in total. The largest absolute Gasteiger partial charge is 0.491 e. The zero-order valence-electron chi connectivity index (χ0n) is 13.6. The van der Waals surface area contributed by atoms with Crippen molar-refractivity contribution in [3.05, 3.63) is 29.3 Å². The fourth-order valence-electron chi connectivity index (χ4n) is 2.62. The number of nitrogens with zero attached hydrogens (tertiary/aromatic N) is 1. The minimum Gasteiger partial charge on any atom is -0.491 e. The van der Waals surface area contributed by atoms with Gasteiger partial charge in [-0.3, -0.25) is 9.69 Å². The smallest absolute Gasteiger partial charge is 0.320 e. The van der Waals surface area contributed by atoms with Gasteiger partial charge in [-0.25, -0.2) is 0 Å². The van der Waals surface area contributed by atoms with Gasteiger partial charge in [0.05, 0.1) is 19.8 Å². The molecule has 0 spiro atoms. The molecule has 2 rings (SSSR count). The molecule has 0 aliphatic carbocycles. The molecule has 1 aromatic carbocycles. The maximum Gasteiger partial charge on any atom is 0.320 e. The van der Waals surface area contributed by atoms with Crippen molar-refractivity contribution in [2.45, 2.75) is 26.9 Å². The second kappa shape index (κ2) is 8.15. The Hall–Kier alpha value is -1.59.